The molecule has 2 bridgehead atoms. The van der Waals surface area contributed by atoms with E-state index in [1.165, 1.54) is 31.2 Å². The second kappa shape index (κ2) is 5.44. The predicted molar refractivity (Wildman–Crippen MR) is 80.4 cm³/mol. The fourth-order valence-electron chi connectivity index (χ4n) is 3.86. The maximum absolute atomic E-state index is 10.8. The minimum absolute atomic E-state index is 0.349. The molecule has 20 heavy (non-hydrogen) atoms. The molecule has 1 aromatic rings. The molecular weight excluding hydrogens is 250 g/mol. The van der Waals surface area contributed by atoms with E-state index in [1.54, 1.807) is 0 Å². The predicted octanol–water partition coefficient (Wildman–Crippen LogP) is 3.02. The molecule has 4 N–H and O–H groups in total. The Balaban J connectivity index is 1.59. The quantitative estimate of drug-likeness (QED) is 0.789. The monoisotopic (exact) mass is 273 g/mol. The molecule has 0 heterocycles. The van der Waals surface area contributed by atoms with Gasteiger partial charge in [0.05, 0.1) is 0 Å². The largest absolute Gasteiger partial charge is 0.351 e. The van der Waals surface area contributed by atoms with Crippen molar-refractivity contribution in [3.63, 3.8) is 0 Å². The lowest BCUT2D eigenvalue weighted by molar-refractivity contribution is 0.259. The molecule has 2 amide bonds. The first-order chi connectivity index (χ1) is 9.61. The Bertz CT molecular complexity index is 485. The average Bonchev–Trinajstić information content (AvgIpc) is 3.01. The summed E-state index contributed by atoms with van der Waals surface area (Å²) in [4.78, 5) is 10.8. The molecule has 4 nitrogen and oxygen atoms in total. The summed E-state index contributed by atoms with van der Waals surface area (Å²) in [6.45, 7) is 2.21. The molecule has 1 aromatic carbocycles. The van der Waals surface area contributed by atoms with Gasteiger partial charge in [-0.25, -0.2) is 4.79 Å². The normalized spacial score (nSPS) is 29.4. The van der Waals surface area contributed by atoms with Crippen LogP contribution in [-0.4, -0.2) is 12.1 Å². The number of carbonyl (C=O) groups is 1. The topological polar surface area (TPSA) is 67.2 Å². The van der Waals surface area contributed by atoms with Gasteiger partial charge in [-0.3, -0.25) is 0 Å². The number of benzene rings is 1. The van der Waals surface area contributed by atoms with E-state index in [0.717, 1.165) is 17.5 Å². The van der Waals surface area contributed by atoms with Crippen LogP contribution in [-0.2, 0) is 0 Å². The van der Waals surface area contributed by atoms with Gasteiger partial charge in [-0.1, -0.05) is 18.6 Å². The molecule has 2 saturated carbocycles. The Labute approximate surface area is 120 Å². The minimum atomic E-state index is -0.522. The van der Waals surface area contributed by atoms with E-state index in [2.05, 4.69) is 29.7 Å². The van der Waals surface area contributed by atoms with Crippen molar-refractivity contribution < 1.29 is 4.79 Å². The van der Waals surface area contributed by atoms with Gasteiger partial charge in [0.25, 0.3) is 0 Å². The standard InChI is InChI=1S/C16H23N3O/c1-10(18-15-9-11-2-3-13(15)8-11)12-4-6-14(7-5-12)19-16(17)20/h4-7,10-11,13,15,18H,2-3,8-9H2,1H3,(H3,17,19,20). The van der Waals surface area contributed by atoms with E-state index in [0.29, 0.717) is 12.1 Å². The highest BCUT2D eigenvalue weighted by Crippen LogP contribution is 2.45. The maximum atomic E-state index is 10.8. The maximum Gasteiger partial charge on any atom is 0.316 e. The van der Waals surface area contributed by atoms with Crippen LogP contribution in [0.2, 0.25) is 0 Å². The van der Waals surface area contributed by atoms with E-state index in [9.17, 15) is 4.79 Å². The molecule has 2 aliphatic carbocycles. The third-order valence-electron chi connectivity index (χ3n) is 4.88. The zero-order valence-corrected chi connectivity index (χ0v) is 11.9. The van der Waals surface area contributed by atoms with Gasteiger partial charge in [0.2, 0.25) is 0 Å². The van der Waals surface area contributed by atoms with Crippen molar-refractivity contribution in [3.05, 3.63) is 29.8 Å². The Morgan fingerprint density at radius 2 is 2.00 bits per heavy atom. The summed E-state index contributed by atoms with van der Waals surface area (Å²) in [5.41, 5.74) is 7.10. The molecule has 0 aliphatic heterocycles. The van der Waals surface area contributed by atoms with Crippen molar-refractivity contribution >= 4 is 11.7 Å². The number of urea groups is 1. The number of rotatable bonds is 4. The van der Waals surface area contributed by atoms with Gasteiger partial charge in [0.15, 0.2) is 0 Å². The lowest BCUT2D eigenvalue weighted by Gasteiger charge is -2.27. The molecule has 3 rings (SSSR count). The number of nitrogens with one attached hydrogen (secondary N) is 2. The summed E-state index contributed by atoms with van der Waals surface area (Å²) in [6, 6.07) is 8.42. The highest BCUT2D eigenvalue weighted by Gasteiger charge is 2.39. The first-order valence-electron chi connectivity index (χ1n) is 7.54. The second-order valence-corrected chi connectivity index (χ2v) is 6.28. The first-order valence-corrected chi connectivity index (χ1v) is 7.54. The summed E-state index contributed by atoms with van der Waals surface area (Å²) in [5, 5.41) is 6.36. The molecule has 0 spiro atoms. The smallest absolute Gasteiger partial charge is 0.316 e. The Hall–Kier alpha value is -1.55. The SMILES string of the molecule is CC(NC1CC2CCC1C2)c1ccc(NC(N)=O)cc1. The van der Waals surface area contributed by atoms with Crippen LogP contribution in [0.4, 0.5) is 10.5 Å². The van der Waals surface area contributed by atoms with Crippen LogP contribution in [0.15, 0.2) is 24.3 Å². The number of carbonyl (C=O) groups excluding carboxylic acids is 1. The molecule has 108 valence electrons. The number of primary amides is 1. The van der Waals surface area contributed by atoms with E-state index in [-0.39, 0.29) is 0 Å². The van der Waals surface area contributed by atoms with Crippen molar-refractivity contribution in [2.75, 3.05) is 5.32 Å². The number of fused-ring (bicyclic) bond motifs is 2. The van der Waals surface area contributed by atoms with Crippen LogP contribution in [0.25, 0.3) is 0 Å². The van der Waals surface area contributed by atoms with E-state index in [4.69, 9.17) is 5.73 Å². The Kier molecular flexibility index (Phi) is 3.66. The van der Waals surface area contributed by atoms with E-state index < -0.39 is 6.03 Å². The van der Waals surface area contributed by atoms with Crippen molar-refractivity contribution in [1.82, 2.24) is 5.32 Å². The van der Waals surface area contributed by atoms with Gasteiger partial charge in [0.1, 0.15) is 0 Å². The second-order valence-electron chi connectivity index (χ2n) is 6.28. The number of nitrogens with two attached hydrogens (primary N) is 1. The van der Waals surface area contributed by atoms with Crippen LogP contribution < -0.4 is 16.4 Å². The van der Waals surface area contributed by atoms with Gasteiger partial charge >= 0.3 is 6.03 Å². The van der Waals surface area contributed by atoms with Crippen LogP contribution in [0.5, 0.6) is 0 Å². The fraction of sp³-hybridized carbons (Fsp3) is 0.562. The number of amides is 2. The van der Waals surface area contributed by atoms with E-state index >= 15 is 0 Å². The minimum Gasteiger partial charge on any atom is -0.351 e. The molecule has 4 heteroatoms. The lowest BCUT2D eigenvalue weighted by Crippen LogP contribution is -2.35. The summed E-state index contributed by atoms with van der Waals surface area (Å²) in [6.07, 6.45) is 5.60. The Morgan fingerprint density at radius 3 is 2.55 bits per heavy atom. The van der Waals surface area contributed by atoms with E-state index in [1.807, 2.05) is 12.1 Å². The van der Waals surface area contributed by atoms with Gasteiger partial charge < -0.3 is 16.4 Å². The van der Waals surface area contributed by atoms with Gasteiger partial charge in [-0.15, -0.1) is 0 Å². The number of anilines is 1. The highest BCUT2D eigenvalue weighted by molar-refractivity contribution is 5.87. The van der Waals surface area contributed by atoms with Gasteiger partial charge in [0, 0.05) is 17.8 Å². The molecular formula is C16H23N3O. The summed E-state index contributed by atoms with van der Waals surface area (Å²) < 4.78 is 0. The zero-order valence-electron chi connectivity index (χ0n) is 11.9. The molecule has 4 atom stereocenters. The number of hydrogen-bond acceptors (Lipinski definition) is 2. The first kappa shape index (κ1) is 13.4. The van der Waals surface area contributed by atoms with Crippen LogP contribution in [0.1, 0.15) is 44.2 Å². The van der Waals surface area contributed by atoms with Crippen LogP contribution >= 0.6 is 0 Å². The highest BCUT2D eigenvalue weighted by atomic mass is 16.2. The van der Waals surface area contributed by atoms with Crippen molar-refractivity contribution in [1.29, 1.82) is 0 Å². The Morgan fingerprint density at radius 1 is 1.25 bits per heavy atom. The lowest BCUT2D eigenvalue weighted by atomic mass is 9.94. The average molecular weight is 273 g/mol. The van der Waals surface area contributed by atoms with Gasteiger partial charge in [-0.05, 0) is 55.7 Å². The molecule has 2 fully saturated rings. The number of hydrogen-bond donors (Lipinski definition) is 3. The molecule has 4 unspecified atom stereocenters. The third kappa shape index (κ3) is 2.80. The van der Waals surface area contributed by atoms with Crippen LogP contribution in [0, 0.1) is 11.8 Å². The van der Waals surface area contributed by atoms with Crippen molar-refractivity contribution in [3.8, 4) is 0 Å². The third-order valence-corrected chi connectivity index (χ3v) is 4.88. The molecule has 0 aromatic heterocycles. The fourth-order valence-corrected chi connectivity index (χ4v) is 3.86. The molecule has 0 saturated heterocycles. The van der Waals surface area contributed by atoms with Gasteiger partial charge in [-0.2, -0.15) is 0 Å². The molecule has 2 aliphatic rings. The molecule has 0 radical (unpaired) electrons. The van der Waals surface area contributed by atoms with Crippen molar-refractivity contribution in [2.24, 2.45) is 17.6 Å². The summed E-state index contributed by atoms with van der Waals surface area (Å²) in [5.74, 6) is 1.85. The van der Waals surface area contributed by atoms with Crippen LogP contribution in [0.3, 0.4) is 0 Å². The zero-order chi connectivity index (χ0) is 14.1. The summed E-state index contributed by atoms with van der Waals surface area (Å²) in [7, 11) is 0. The van der Waals surface area contributed by atoms with Crippen molar-refractivity contribution in [2.45, 2.75) is 44.7 Å². The summed E-state index contributed by atoms with van der Waals surface area (Å²) >= 11 is 0.